The van der Waals surface area contributed by atoms with Crippen LogP contribution in [0.1, 0.15) is 49.8 Å². The molecular formula is C17H27FN2. The van der Waals surface area contributed by atoms with Crippen molar-refractivity contribution in [3.63, 3.8) is 0 Å². The average molecular weight is 278 g/mol. The van der Waals surface area contributed by atoms with Gasteiger partial charge in [-0.05, 0) is 75.0 Å². The summed E-state index contributed by atoms with van der Waals surface area (Å²) in [7, 11) is 0. The van der Waals surface area contributed by atoms with Crippen LogP contribution in [-0.4, -0.2) is 24.5 Å². The van der Waals surface area contributed by atoms with Gasteiger partial charge < -0.3 is 5.73 Å². The molecule has 2 unspecified atom stereocenters. The van der Waals surface area contributed by atoms with Gasteiger partial charge in [0.25, 0.3) is 0 Å². The molecule has 0 saturated carbocycles. The lowest BCUT2D eigenvalue weighted by molar-refractivity contribution is 0.157. The molecule has 1 fully saturated rings. The van der Waals surface area contributed by atoms with E-state index in [9.17, 15) is 4.39 Å². The van der Waals surface area contributed by atoms with E-state index in [-0.39, 0.29) is 11.9 Å². The van der Waals surface area contributed by atoms with Crippen LogP contribution in [0.2, 0.25) is 0 Å². The van der Waals surface area contributed by atoms with Crippen LogP contribution in [0, 0.1) is 18.7 Å². The molecule has 2 nitrogen and oxygen atoms in total. The maximum Gasteiger partial charge on any atom is 0.123 e. The highest BCUT2D eigenvalue weighted by Gasteiger charge is 2.30. The summed E-state index contributed by atoms with van der Waals surface area (Å²) in [6.45, 7) is 7.14. The molecule has 1 aliphatic rings. The van der Waals surface area contributed by atoms with E-state index in [1.807, 2.05) is 6.07 Å². The van der Waals surface area contributed by atoms with Crippen LogP contribution in [0.25, 0.3) is 0 Å². The van der Waals surface area contributed by atoms with Gasteiger partial charge in [0.15, 0.2) is 0 Å². The van der Waals surface area contributed by atoms with Crippen LogP contribution in [0.5, 0.6) is 0 Å². The lowest BCUT2D eigenvalue weighted by Gasteiger charge is -2.36. The molecule has 0 spiro atoms. The van der Waals surface area contributed by atoms with Gasteiger partial charge in [-0.3, -0.25) is 4.90 Å². The average Bonchev–Trinajstić information content (AvgIpc) is 2.64. The number of benzene rings is 1. The minimum Gasteiger partial charge on any atom is -0.330 e. The second kappa shape index (κ2) is 7.19. The lowest BCUT2D eigenvalue weighted by Crippen LogP contribution is -2.36. The maximum atomic E-state index is 13.7. The number of hydrogen-bond acceptors (Lipinski definition) is 2. The van der Waals surface area contributed by atoms with E-state index in [2.05, 4.69) is 18.7 Å². The zero-order chi connectivity index (χ0) is 14.5. The summed E-state index contributed by atoms with van der Waals surface area (Å²) in [5.74, 6) is 0.298. The number of hydrogen-bond donors (Lipinski definition) is 1. The van der Waals surface area contributed by atoms with Crippen molar-refractivity contribution in [2.45, 2.75) is 45.6 Å². The molecule has 1 aromatic carbocycles. The molecule has 0 aliphatic carbocycles. The number of nitrogens with zero attached hydrogens (tertiary/aromatic N) is 1. The third-order valence-electron chi connectivity index (χ3n) is 4.48. The first-order valence-electron chi connectivity index (χ1n) is 7.87. The smallest absolute Gasteiger partial charge is 0.123 e. The third-order valence-corrected chi connectivity index (χ3v) is 4.48. The summed E-state index contributed by atoms with van der Waals surface area (Å²) < 4.78 is 13.7. The van der Waals surface area contributed by atoms with Crippen LogP contribution >= 0.6 is 0 Å². The SMILES string of the molecule is CCCN1CCCCC(CN)C1c1cc(F)ccc1C. The van der Waals surface area contributed by atoms with Crippen molar-refractivity contribution in [2.24, 2.45) is 11.7 Å². The Bertz CT molecular complexity index is 433. The Balaban J connectivity index is 2.40. The van der Waals surface area contributed by atoms with Crippen LogP contribution in [-0.2, 0) is 0 Å². The van der Waals surface area contributed by atoms with Crippen molar-refractivity contribution in [1.29, 1.82) is 0 Å². The van der Waals surface area contributed by atoms with Crippen molar-refractivity contribution in [3.05, 3.63) is 35.1 Å². The Morgan fingerprint density at radius 1 is 1.35 bits per heavy atom. The summed E-state index contributed by atoms with van der Waals surface area (Å²) in [4.78, 5) is 2.52. The fraction of sp³-hybridized carbons (Fsp3) is 0.647. The van der Waals surface area contributed by atoms with E-state index < -0.39 is 0 Å². The number of nitrogens with two attached hydrogens (primary N) is 1. The fourth-order valence-corrected chi connectivity index (χ4v) is 3.48. The second-order valence-electron chi connectivity index (χ2n) is 5.97. The van der Waals surface area contributed by atoms with Gasteiger partial charge in [0.2, 0.25) is 0 Å². The maximum absolute atomic E-state index is 13.7. The first kappa shape index (κ1) is 15.5. The number of halogens is 1. The fourth-order valence-electron chi connectivity index (χ4n) is 3.48. The molecule has 1 heterocycles. The summed E-state index contributed by atoms with van der Waals surface area (Å²) >= 11 is 0. The van der Waals surface area contributed by atoms with E-state index in [0.717, 1.165) is 31.5 Å². The van der Waals surface area contributed by atoms with Crippen molar-refractivity contribution < 1.29 is 4.39 Å². The van der Waals surface area contributed by atoms with Gasteiger partial charge in [-0.2, -0.15) is 0 Å². The Labute approximate surface area is 122 Å². The largest absolute Gasteiger partial charge is 0.330 e. The Morgan fingerprint density at radius 3 is 2.85 bits per heavy atom. The summed E-state index contributed by atoms with van der Waals surface area (Å²) in [5.41, 5.74) is 8.34. The normalized spacial score (nSPS) is 24.6. The van der Waals surface area contributed by atoms with E-state index in [1.54, 1.807) is 12.1 Å². The predicted molar refractivity (Wildman–Crippen MR) is 82.1 cm³/mol. The quantitative estimate of drug-likeness (QED) is 0.911. The Morgan fingerprint density at radius 2 is 2.15 bits per heavy atom. The lowest BCUT2D eigenvalue weighted by atomic mass is 9.87. The predicted octanol–water partition coefficient (Wildman–Crippen LogP) is 3.65. The first-order chi connectivity index (χ1) is 9.67. The van der Waals surface area contributed by atoms with Crippen LogP contribution in [0.3, 0.4) is 0 Å². The number of rotatable bonds is 4. The topological polar surface area (TPSA) is 29.3 Å². The summed E-state index contributed by atoms with van der Waals surface area (Å²) in [6, 6.07) is 5.44. The molecule has 1 aliphatic heterocycles. The van der Waals surface area contributed by atoms with Gasteiger partial charge in [0.05, 0.1) is 0 Å². The van der Waals surface area contributed by atoms with Gasteiger partial charge in [0, 0.05) is 6.04 Å². The van der Waals surface area contributed by atoms with E-state index in [4.69, 9.17) is 5.73 Å². The summed E-state index contributed by atoms with van der Waals surface area (Å²) in [6.07, 6.45) is 4.73. The monoisotopic (exact) mass is 278 g/mol. The molecule has 0 bridgehead atoms. The first-order valence-corrected chi connectivity index (χ1v) is 7.87. The van der Waals surface area contributed by atoms with Crippen molar-refractivity contribution >= 4 is 0 Å². The minimum atomic E-state index is -0.137. The molecule has 0 radical (unpaired) electrons. The Hall–Kier alpha value is -0.930. The molecule has 112 valence electrons. The molecule has 0 amide bonds. The highest BCUT2D eigenvalue weighted by molar-refractivity contribution is 5.30. The van der Waals surface area contributed by atoms with Gasteiger partial charge in [-0.15, -0.1) is 0 Å². The van der Waals surface area contributed by atoms with Gasteiger partial charge in [-0.25, -0.2) is 4.39 Å². The van der Waals surface area contributed by atoms with E-state index in [1.165, 1.54) is 18.4 Å². The minimum absolute atomic E-state index is 0.137. The van der Waals surface area contributed by atoms with Crippen molar-refractivity contribution in [3.8, 4) is 0 Å². The van der Waals surface area contributed by atoms with Crippen LogP contribution in [0.4, 0.5) is 4.39 Å². The molecule has 20 heavy (non-hydrogen) atoms. The van der Waals surface area contributed by atoms with Gasteiger partial charge in [-0.1, -0.05) is 19.4 Å². The molecule has 1 aromatic rings. The number of aryl methyl sites for hydroxylation is 1. The van der Waals surface area contributed by atoms with Gasteiger partial charge in [0.1, 0.15) is 5.82 Å². The van der Waals surface area contributed by atoms with Crippen molar-refractivity contribution in [2.75, 3.05) is 19.6 Å². The zero-order valence-electron chi connectivity index (χ0n) is 12.7. The van der Waals surface area contributed by atoms with Gasteiger partial charge >= 0.3 is 0 Å². The zero-order valence-corrected chi connectivity index (χ0v) is 12.7. The molecule has 2 rings (SSSR count). The molecule has 1 saturated heterocycles. The second-order valence-corrected chi connectivity index (χ2v) is 5.97. The van der Waals surface area contributed by atoms with Crippen LogP contribution in [0.15, 0.2) is 18.2 Å². The molecule has 3 heteroatoms. The molecular weight excluding hydrogens is 251 g/mol. The highest BCUT2D eigenvalue weighted by atomic mass is 19.1. The molecule has 0 aromatic heterocycles. The molecule has 2 N–H and O–H groups in total. The molecule has 2 atom stereocenters. The Kier molecular flexibility index (Phi) is 5.55. The number of likely N-dealkylation sites (tertiary alicyclic amines) is 1. The van der Waals surface area contributed by atoms with E-state index in [0.29, 0.717) is 12.5 Å². The van der Waals surface area contributed by atoms with E-state index >= 15 is 0 Å². The highest BCUT2D eigenvalue weighted by Crippen LogP contribution is 2.36. The standard InChI is InChI=1S/C17H27FN2/c1-3-9-20-10-5-4-6-14(12-19)17(20)16-11-15(18)8-7-13(16)2/h7-8,11,14,17H,3-6,9-10,12,19H2,1-2H3. The van der Waals surface area contributed by atoms with Crippen molar-refractivity contribution in [1.82, 2.24) is 4.90 Å². The van der Waals surface area contributed by atoms with Crippen LogP contribution < -0.4 is 5.73 Å². The third kappa shape index (κ3) is 3.39. The summed E-state index contributed by atoms with van der Waals surface area (Å²) in [5, 5.41) is 0.